The molecule has 0 fully saturated rings. The largest absolute Gasteiger partial charge is 0.356 e. The monoisotopic (exact) mass is 216 g/mol. The predicted octanol–water partition coefficient (Wildman–Crippen LogP) is 2.75. The summed E-state index contributed by atoms with van der Waals surface area (Å²) in [7, 11) is 0. The first-order chi connectivity index (χ1) is 7.85. The standard InChI is InChI=1S/C13H16N2O/c1-2-3-10-4-6-11(7-5-10)13-12(8-14)9-15-16-13/h4-7,9H,2-3,8,14H2,1H3. The van der Waals surface area contributed by atoms with Crippen molar-refractivity contribution in [3.8, 4) is 11.3 Å². The molecule has 1 aromatic heterocycles. The number of nitrogens with zero attached hydrogens (tertiary/aromatic N) is 1. The van der Waals surface area contributed by atoms with Crippen LogP contribution < -0.4 is 5.73 Å². The lowest BCUT2D eigenvalue weighted by molar-refractivity contribution is 0.431. The SMILES string of the molecule is CCCc1ccc(-c2oncc2CN)cc1. The Morgan fingerprint density at radius 3 is 2.62 bits per heavy atom. The maximum atomic E-state index is 5.61. The van der Waals surface area contributed by atoms with Gasteiger partial charge in [-0.25, -0.2) is 0 Å². The number of benzene rings is 1. The second-order valence-corrected chi connectivity index (χ2v) is 3.83. The molecule has 3 heteroatoms. The van der Waals surface area contributed by atoms with Crippen LogP contribution in [0.3, 0.4) is 0 Å². The number of rotatable bonds is 4. The zero-order valence-corrected chi connectivity index (χ0v) is 9.44. The van der Waals surface area contributed by atoms with E-state index in [1.807, 2.05) is 0 Å². The summed E-state index contributed by atoms with van der Waals surface area (Å²) in [6.45, 7) is 2.63. The third kappa shape index (κ3) is 2.14. The summed E-state index contributed by atoms with van der Waals surface area (Å²) in [5, 5.41) is 3.77. The third-order valence-corrected chi connectivity index (χ3v) is 2.62. The Balaban J connectivity index is 2.27. The zero-order valence-electron chi connectivity index (χ0n) is 9.44. The number of hydrogen-bond donors (Lipinski definition) is 1. The number of aryl methyl sites for hydroxylation is 1. The molecular weight excluding hydrogens is 200 g/mol. The van der Waals surface area contributed by atoms with Crippen molar-refractivity contribution in [2.45, 2.75) is 26.3 Å². The predicted molar refractivity (Wildman–Crippen MR) is 63.8 cm³/mol. The van der Waals surface area contributed by atoms with E-state index >= 15 is 0 Å². The summed E-state index contributed by atoms with van der Waals surface area (Å²) in [5.74, 6) is 0.783. The highest BCUT2D eigenvalue weighted by atomic mass is 16.5. The van der Waals surface area contributed by atoms with Gasteiger partial charge in [0.2, 0.25) is 0 Å². The lowest BCUT2D eigenvalue weighted by Crippen LogP contribution is -1.95. The first-order valence-electron chi connectivity index (χ1n) is 5.58. The van der Waals surface area contributed by atoms with Gasteiger partial charge in [0.1, 0.15) is 0 Å². The van der Waals surface area contributed by atoms with Crippen LogP contribution in [0.5, 0.6) is 0 Å². The van der Waals surface area contributed by atoms with Crippen molar-refractivity contribution in [2.24, 2.45) is 5.73 Å². The first-order valence-corrected chi connectivity index (χ1v) is 5.58. The van der Waals surface area contributed by atoms with Crippen LogP contribution in [-0.2, 0) is 13.0 Å². The summed E-state index contributed by atoms with van der Waals surface area (Å²) in [6.07, 6.45) is 3.95. The summed E-state index contributed by atoms with van der Waals surface area (Å²) in [4.78, 5) is 0. The summed E-state index contributed by atoms with van der Waals surface area (Å²) in [6, 6.07) is 8.37. The van der Waals surface area contributed by atoms with Crippen molar-refractivity contribution in [1.82, 2.24) is 5.16 Å². The van der Waals surface area contributed by atoms with E-state index in [1.54, 1.807) is 6.20 Å². The molecule has 0 radical (unpaired) electrons. The fraction of sp³-hybridized carbons (Fsp3) is 0.308. The number of hydrogen-bond acceptors (Lipinski definition) is 3. The molecule has 1 heterocycles. The van der Waals surface area contributed by atoms with E-state index < -0.39 is 0 Å². The van der Waals surface area contributed by atoms with Gasteiger partial charge < -0.3 is 10.3 Å². The second kappa shape index (κ2) is 4.94. The molecule has 0 aliphatic heterocycles. The second-order valence-electron chi connectivity index (χ2n) is 3.83. The van der Waals surface area contributed by atoms with Gasteiger partial charge in [-0.05, 0) is 12.0 Å². The van der Waals surface area contributed by atoms with Crippen LogP contribution in [0.2, 0.25) is 0 Å². The molecule has 2 rings (SSSR count). The molecule has 0 saturated carbocycles. The van der Waals surface area contributed by atoms with Crippen molar-refractivity contribution in [3.05, 3.63) is 41.6 Å². The molecule has 1 aromatic carbocycles. The van der Waals surface area contributed by atoms with E-state index in [-0.39, 0.29) is 0 Å². The molecule has 0 saturated heterocycles. The molecule has 2 aromatic rings. The normalized spacial score (nSPS) is 10.6. The molecule has 0 bridgehead atoms. The highest BCUT2D eigenvalue weighted by molar-refractivity contribution is 5.60. The van der Waals surface area contributed by atoms with E-state index in [0.717, 1.165) is 29.7 Å². The minimum absolute atomic E-state index is 0.454. The molecule has 0 spiro atoms. The Kier molecular flexibility index (Phi) is 3.37. The molecule has 0 atom stereocenters. The molecule has 2 N–H and O–H groups in total. The van der Waals surface area contributed by atoms with Gasteiger partial charge in [0.15, 0.2) is 5.76 Å². The number of nitrogens with two attached hydrogens (primary N) is 1. The Morgan fingerprint density at radius 1 is 1.25 bits per heavy atom. The van der Waals surface area contributed by atoms with Gasteiger partial charge in [0.05, 0.1) is 6.20 Å². The van der Waals surface area contributed by atoms with Gasteiger partial charge in [0, 0.05) is 17.7 Å². The van der Waals surface area contributed by atoms with E-state index in [0.29, 0.717) is 6.54 Å². The lowest BCUT2D eigenvalue weighted by atomic mass is 10.0. The van der Waals surface area contributed by atoms with E-state index in [2.05, 4.69) is 36.3 Å². The highest BCUT2D eigenvalue weighted by Crippen LogP contribution is 2.23. The Bertz CT molecular complexity index is 445. The molecule has 0 aliphatic rings. The fourth-order valence-electron chi connectivity index (χ4n) is 1.75. The van der Waals surface area contributed by atoms with Crippen LogP contribution in [0.15, 0.2) is 35.0 Å². The van der Waals surface area contributed by atoms with Crippen LogP contribution in [0, 0.1) is 0 Å². The first kappa shape index (κ1) is 10.9. The van der Waals surface area contributed by atoms with E-state index in [9.17, 15) is 0 Å². The minimum Gasteiger partial charge on any atom is -0.356 e. The molecule has 0 unspecified atom stereocenters. The maximum Gasteiger partial charge on any atom is 0.171 e. The van der Waals surface area contributed by atoms with Gasteiger partial charge in [-0.1, -0.05) is 42.8 Å². The molecule has 16 heavy (non-hydrogen) atoms. The summed E-state index contributed by atoms with van der Waals surface area (Å²) < 4.78 is 5.21. The van der Waals surface area contributed by atoms with Gasteiger partial charge in [-0.15, -0.1) is 0 Å². The van der Waals surface area contributed by atoms with Crippen LogP contribution in [0.1, 0.15) is 24.5 Å². The van der Waals surface area contributed by atoms with Crippen molar-refractivity contribution < 1.29 is 4.52 Å². The van der Waals surface area contributed by atoms with Gasteiger partial charge in [-0.3, -0.25) is 0 Å². The lowest BCUT2D eigenvalue weighted by Gasteiger charge is -2.01. The van der Waals surface area contributed by atoms with Crippen LogP contribution in [-0.4, -0.2) is 5.16 Å². The smallest absolute Gasteiger partial charge is 0.171 e. The van der Waals surface area contributed by atoms with E-state index in [4.69, 9.17) is 10.3 Å². The summed E-state index contributed by atoms with van der Waals surface area (Å²) in [5.41, 5.74) is 8.94. The summed E-state index contributed by atoms with van der Waals surface area (Å²) >= 11 is 0. The minimum atomic E-state index is 0.454. The van der Waals surface area contributed by atoms with Gasteiger partial charge in [-0.2, -0.15) is 0 Å². The molecule has 3 nitrogen and oxygen atoms in total. The average molecular weight is 216 g/mol. The Morgan fingerprint density at radius 2 is 2.00 bits per heavy atom. The highest BCUT2D eigenvalue weighted by Gasteiger charge is 2.08. The fourth-order valence-corrected chi connectivity index (χ4v) is 1.75. The van der Waals surface area contributed by atoms with E-state index in [1.165, 1.54) is 5.56 Å². The Hall–Kier alpha value is -1.61. The van der Waals surface area contributed by atoms with Crippen molar-refractivity contribution in [2.75, 3.05) is 0 Å². The molecule has 0 aliphatic carbocycles. The quantitative estimate of drug-likeness (QED) is 0.855. The van der Waals surface area contributed by atoms with Gasteiger partial charge in [0.25, 0.3) is 0 Å². The van der Waals surface area contributed by atoms with Gasteiger partial charge >= 0.3 is 0 Å². The van der Waals surface area contributed by atoms with Crippen LogP contribution >= 0.6 is 0 Å². The van der Waals surface area contributed by atoms with Crippen LogP contribution in [0.4, 0.5) is 0 Å². The third-order valence-electron chi connectivity index (χ3n) is 2.62. The van der Waals surface area contributed by atoms with Crippen molar-refractivity contribution in [3.63, 3.8) is 0 Å². The van der Waals surface area contributed by atoms with Crippen molar-refractivity contribution in [1.29, 1.82) is 0 Å². The van der Waals surface area contributed by atoms with Crippen LogP contribution in [0.25, 0.3) is 11.3 Å². The molecule has 84 valence electrons. The average Bonchev–Trinajstić information content (AvgIpc) is 2.78. The zero-order chi connectivity index (χ0) is 11.4. The maximum absolute atomic E-state index is 5.61. The number of aromatic nitrogens is 1. The van der Waals surface area contributed by atoms with Crippen molar-refractivity contribution >= 4 is 0 Å². The topological polar surface area (TPSA) is 52.0 Å². The molecule has 0 amide bonds. The Labute approximate surface area is 95.3 Å². The molecular formula is C13H16N2O.